The van der Waals surface area contributed by atoms with Crippen LogP contribution in [-0.2, 0) is 0 Å². The first-order chi connectivity index (χ1) is 5.52. The minimum absolute atomic E-state index is 0. The van der Waals surface area contributed by atoms with E-state index in [1.54, 1.807) is 13.0 Å². The molecule has 3 N–H and O–H groups in total. The first kappa shape index (κ1) is 12.7. The van der Waals surface area contributed by atoms with E-state index in [0.29, 0.717) is 10.0 Å². The minimum atomic E-state index is -0.656. The van der Waals surface area contributed by atoms with Gasteiger partial charge in [-0.25, -0.2) is 4.39 Å². The molecule has 5 heteroatoms. The molecule has 1 atom stereocenters. The smallest absolute Gasteiger partial charge is 0.166 e. The Morgan fingerprint density at radius 3 is 2.54 bits per heavy atom. The van der Waals surface area contributed by atoms with Crippen LogP contribution >= 0.6 is 28.3 Å². The summed E-state index contributed by atoms with van der Waals surface area (Å²) in [5.41, 5.74) is 5.91. The molecule has 1 aromatic rings. The van der Waals surface area contributed by atoms with E-state index in [-0.39, 0.29) is 24.2 Å². The molecule has 0 aromatic heterocycles. The third-order valence-electron chi connectivity index (χ3n) is 1.55. The number of aromatic hydroxyl groups is 1. The van der Waals surface area contributed by atoms with Gasteiger partial charge in [0, 0.05) is 16.1 Å². The van der Waals surface area contributed by atoms with Gasteiger partial charge in [0.05, 0.1) is 0 Å². The Hall–Kier alpha value is -0.320. The molecule has 0 bridgehead atoms. The number of nitrogens with two attached hydrogens (primary N) is 1. The van der Waals surface area contributed by atoms with Crippen LogP contribution in [0.4, 0.5) is 4.39 Å². The van der Waals surface area contributed by atoms with E-state index in [1.165, 1.54) is 6.07 Å². The number of hydrogen-bond donors (Lipinski definition) is 2. The van der Waals surface area contributed by atoms with Crippen LogP contribution in [0.2, 0.25) is 0 Å². The van der Waals surface area contributed by atoms with Crippen LogP contribution in [0.15, 0.2) is 16.6 Å². The normalized spacial score (nSPS) is 12.0. The van der Waals surface area contributed by atoms with Crippen molar-refractivity contribution in [3.05, 3.63) is 28.0 Å². The van der Waals surface area contributed by atoms with Crippen molar-refractivity contribution in [1.29, 1.82) is 0 Å². The fourth-order valence-corrected chi connectivity index (χ4v) is 1.38. The molecule has 0 radical (unpaired) electrons. The first-order valence-electron chi connectivity index (χ1n) is 3.46. The van der Waals surface area contributed by atoms with Gasteiger partial charge in [-0.3, -0.25) is 0 Å². The van der Waals surface area contributed by atoms with Crippen molar-refractivity contribution in [1.82, 2.24) is 0 Å². The van der Waals surface area contributed by atoms with Gasteiger partial charge in [0.1, 0.15) is 0 Å². The molecule has 0 fully saturated rings. The zero-order valence-electron chi connectivity index (χ0n) is 6.92. The third-order valence-corrected chi connectivity index (χ3v) is 2.01. The Balaban J connectivity index is 0.00000144. The lowest BCUT2D eigenvalue weighted by atomic mass is 10.1. The van der Waals surface area contributed by atoms with Crippen molar-refractivity contribution in [2.75, 3.05) is 0 Å². The number of rotatable bonds is 1. The van der Waals surface area contributed by atoms with Crippen LogP contribution in [0.3, 0.4) is 0 Å². The van der Waals surface area contributed by atoms with E-state index in [2.05, 4.69) is 15.9 Å². The molecule has 2 nitrogen and oxygen atoms in total. The lowest BCUT2D eigenvalue weighted by molar-refractivity contribution is 0.422. The van der Waals surface area contributed by atoms with E-state index in [4.69, 9.17) is 5.73 Å². The van der Waals surface area contributed by atoms with Crippen LogP contribution in [0.25, 0.3) is 0 Å². The van der Waals surface area contributed by atoms with Gasteiger partial charge in [-0.05, 0) is 19.1 Å². The average Bonchev–Trinajstić information content (AvgIpc) is 1.96. The van der Waals surface area contributed by atoms with Crippen molar-refractivity contribution >= 4 is 28.3 Å². The summed E-state index contributed by atoms with van der Waals surface area (Å²) in [6.45, 7) is 1.68. The van der Waals surface area contributed by atoms with Crippen molar-refractivity contribution < 1.29 is 9.50 Å². The second-order valence-electron chi connectivity index (χ2n) is 2.61. The van der Waals surface area contributed by atoms with Crippen LogP contribution in [0, 0.1) is 5.82 Å². The molecule has 0 aliphatic rings. The fourth-order valence-electron chi connectivity index (χ4n) is 0.933. The number of halogens is 3. The first-order valence-corrected chi connectivity index (χ1v) is 4.25. The fraction of sp³-hybridized carbons (Fsp3) is 0.250. The quantitative estimate of drug-likeness (QED) is 0.824. The van der Waals surface area contributed by atoms with Gasteiger partial charge < -0.3 is 10.8 Å². The molecule has 0 spiro atoms. The molecule has 0 saturated carbocycles. The number of hydrogen-bond acceptors (Lipinski definition) is 2. The molecule has 0 aliphatic carbocycles. The van der Waals surface area contributed by atoms with Gasteiger partial charge in [-0.2, -0.15) is 0 Å². The van der Waals surface area contributed by atoms with Gasteiger partial charge in [0.2, 0.25) is 0 Å². The number of phenols is 1. The summed E-state index contributed by atoms with van der Waals surface area (Å²) < 4.78 is 13.4. The molecule has 0 amide bonds. The molecule has 1 rings (SSSR count). The Kier molecular flexibility index (Phi) is 4.67. The second-order valence-corrected chi connectivity index (χ2v) is 3.53. The van der Waals surface area contributed by atoms with Gasteiger partial charge >= 0.3 is 0 Å². The maximum Gasteiger partial charge on any atom is 0.166 e. The van der Waals surface area contributed by atoms with E-state index >= 15 is 0 Å². The summed E-state index contributed by atoms with van der Waals surface area (Å²) in [5.74, 6) is -1.02. The van der Waals surface area contributed by atoms with Gasteiger partial charge in [-0.15, -0.1) is 12.4 Å². The monoisotopic (exact) mass is 269 g/mol. The summed E-state index contributed by atoms with van der Waals surface area (Å²) in [6.07, 6.45) is 0. The van der Waals surface area contributed by atoms with E-state index in [0.717, 1.165) is 0 Å². The minimum Gasteiger partial charge on any atom is -0.505 e. The maximum atomic E-state index is 12.9. The Morgan fingerprint density at radius 2 is 2.08 bits per heavy atom. The van der Waals surface area contributed by atoms with Crippen LogP contribution in [-0.4, -0.2) is 5.11 Å². The maximum absolute atomic E-state index is 12.9. The van der Waals surface area contributed by atoms with Gasteiger partial charge in [-0.1, -0.05) is 15.9 Å². The largest absolute Gasteiger partial charge is 0.505 e. The average molecular weight is 271 g/mol. The van der Waals surface area contributed by atoms with Crippen molar-refractivity contribution in [3.8, 4) is 5.75 Å². The summed E-state index contributed by atoms with van der Waals surface area (Å²) in [7, 11) is 0. The zero-order valence-corrected chi connectivity index (χ0v) is 9.32. The SMILES string of the molecule is C[C@H](N)c1cc(Br)cc(F)c1O.Cl. The Labute approximate surface area is 90.5 Å². The molecular formula is C8H10BrClFNO. The lowest BCUT2D eigenvalue weighted by Crippen LogP contribution is -2.05. The van der Waals surface area contributed by atoms with E-state index in [9.17, 15) is 9.50 Å². The predicted octanol–water partition coefficient (Wildman–Crippen LogP) is 2.74. The number of phenolic OH excluding ortho intramolecular Hbond substituents is 1. The molecule has 0 aliphatic heterocycles. The van der Waals surface area contributed by atoms with E-state index < -0.39 is 5.82 Å². The molecule has 13 heavy (non-hydrogen) atoms. The zero-order chi connectivity index (χ0) is 9.30. The Morgan fingerprint density at radius 1 is 1.54 bits per heavy atom. The summed E-state index contributed by atoms with van der Waals surface area (Å²) >= 11 is 3.11. The lowest BCUT2D eigenvalue weighted by Gasteiger charge is -2.09. The van der Waals surface area contributed by atoms with E-state index in [1.807, 2.05) is 0 Å². The second kappa shape index (κ2) is 4.79. The Bertz CT molecular complexity index is 306. The number of benzene rings is 1. The molecule has 0 unspecified atom stereocenters. The van der Waals surface area contributed by atoms with Crippen LogP contribution in [0.5, 0.6) is 5.75 Å². The highest BCUT2D eigenvalue weighted by atomic mass is 79.9. The third kappa shape index (κ3) is 2.83. The molecule has 74 valence electrons. The molecule has 0 heterocycles. The molecule has 0 saturated heterocycles. The van der Waals surface area contributed by atoms with Gasteiger partial charge in [0.15, 0.2) is 11.6 Å². The summed E-state index contributed by atoms with van der Waals surface area (Å²) in [6, 6.07) is 2.42. The summed E-state index contributed by atoms with van der Waals surface area (Å²) in [4.78, 5) is 0. The molecular weight excluding hydrogens is 260 g/mol. The van der Waals surface area contributed by atoms with Crippen molar-refractivity contribution in [2.24, 2.45) is 5.73 Å². The van der Waals surface area contributed by atoms with Crippen LogP contribution in [0.1, 0.15) is 18.5 Å². The summed E-state index contributed by atoms with van der Waals surface area (Å²) in [5, 5.41) is 9.22. The van der Waals surface area contributed by atoms with Crippen LogP contribution < -0.4 is 5.73 Å². The topological polar surface area (TPSA) is 46.2 Å². The highest BCUT2D eigenvalue weighted by Gasteiger charge is 2.11. The highest BCUT2D eigenvalue weighted by Crippen LogP contribution is 2.29. The van der Waals surface area contributed by atoms with Gasteiger partial charge in [0.25, 0.3) is 0 Å². The highest BCUT2D eigenvalue weighted by molar-refractivity contribution is 9.10. The predicted molar refractivity (Wildman–Crippen MR) is 55.6 cm³/mol. The standard InChI is InChI=1S/C8H9BrFNO.ClH/c1-4(11)6-2-5(9)3-7(10)8(6)12;/h2-4,12H,11H2,1H3;1H/t4-;/m0./s1. The molecule has 1 aromatic carbocycles. The van der Waals surface area contributed by atoms with Crippen molar-refractivity contribution in [3.63, 3.8) is 0 Å². The van der Waals surface area contributed by atoms with Crippen molar-refractivity contribution in [2.45, 2.75) is 13.0 Å².